The lowest BCUT2D eigenvalue weighted by molar-refractivity contribution is 0.177. The van der Waals surface area contributed by atoms with Crippen LogP contribution in [0.25, 0.3) is 0 Å². The first kappa shape index (κ1) is 10.7. The summed E-state index contributed by atoms with van der Waals surface area (Å²) < 4.78 is 5.04. The molecule has 0 amide bonds. The molecular formula is C12H19NO2. The van der Waals surface area contributed by atoms with Gasteiger partial charge >= 0.3 is 0 Å². The van der Waals surface area contributed by atoms with Gasteiger partial charge in [-0.3, -0.25) is 0 Å². The van der Waals surface area contributed by atoms with E-state index >= 15 is 0 Å². The number of rotatable bonds is 4. The van der Waals surface area contributed by atoms with Crippen LogP contribution in [-0.4, -0.2) is 17.8 Å². The zero-order valence-corrected chi connectivity index (χ0v) is 9.15. The summed E-state index contributed by atoms with van der Waals surface area (Å²) in [7, 11) is 0. The van der Waals surface area contributed by atoms with Crippen LogP contribution in [-0.2, 0) is 0 Å². The van der Waals surface area contributed by atoms with Crippen LogP contribution in [0.5, 0.6) is 0 Å². The molecular weight excluding hydrogens is 190 g/mol. The summed E-state index contributed by atoms with van der Waals surface area (Å²) in [5.74, 6) is 0.634. The summed E-state index contributed by atoms with van der Waals surface area (Å²) in [5, 5.41) is 12.9. The fourth-order valence-electron chi connectivity index (χ4n) is 2.22. The highest BCUT2D eigenvalue weighted by Crippen LogP contribution is 2.25. The van der Waals surface area contributed by atoms with E-state index in [4.69, 9.17) is 4.42 Å². The maximum atomic E-state index is 9.41. The predicted molar refractivity (Wildman–Crippen MR) is 58.5 cm³/mol. The van der Waals surface area contributed by atoms with Crippen molar-refractivity contribution in [3.63, 3.8) is 0 Å². The topological polar surface area (TPSA) is 45.4 Å². The van der Waals surface area contributed by atoms with Crippen molar-refractivity contribution >= 4 is 0 Å². The quantitative estimate of drug-likeness (QED) is 0.798. The molecule has 1 aliphatic rings. The summed E-state index contributed by atoms with van der Waals surface area (Å²) in [6.07, 6.45) is 6.47. The molecule has 3 unspecified atom stereocenters. The summed E-state index contributed by atoms with van der Waals surface area (Å²) in [5.41, 5.74) is 1.19. The van der Waals surface area contributed by atoms with E-state index in [9.17, 15) is 5.11 Å². The van der Waals surface area contributed by atoms with Gasteiger partial charge in [0.25, 0.3) is 0 Å². The Morgan fingerprint density at radius 2 is 2.47 bits per heavy atom. The number of hydrogen-bond donors (Lipinski definition) is 2. The van der Waals surface area contributed by atoms with E-state index in [0.29, 0.717) is 12.0 Å². The van der Waals surface area contributed by atoms with Gasteiger partial charge in [-0.25, -0.2) is 0 Å². The maximum Gasteiger partial charge on any atom is 0.0950 e. The molecule has 0 aromatic carbocycles. The van der Waals surface area contributed by atoms with Crippen LogP contribution < -0.4 is 5.32 Å². The number of hydrogen-bond acceptors (Lipinski definition) is 3. The minimum atomic E-state index is -0.0685. The first-order valence-electron chi connectivity index (χ1n) is 5.69. The van der Waals surface area contributed by atoms with Gasteiger partial charge in [-0.15, -0.1) is 0 Å². The minimum Gasteiger partial charge on any atom is -0.472 e. The number of furan rings is 1. The Labute approximate surface area is 90.5 Å². The van der Waals surface area contributed by atoms with Gasteiger partial charge in [-0.05, 0) is 44.7 Å². The maximum absolute atomic E-state index is 9.41. The molecule has 3 heteroatoms. The van der Waals surface area contributed by atoms with E-state index in [1.54, 1.807) is 12.5 Å². The van der Waals surface area contributed by atoms with Crippen LogP contribution in [0, 0.1) is 5.92 Å². The van der Waals surface area contributed by atoms with Gasteiger partial charge < -0.3 is 14.8 Å². The lowest BCUT2D eigenvalue weighted by atomic mass is 10.1. The summed E-state index contributed by atoms with van der Waals surface area (Å²) in [6, 6.07) is 2.32. The third-order valence-electron chi connectivity index (χ3n) is 3.27. The second kappa shape index (κ2) is 4.81. The molecule has 3 atom stereocenters. The molecule has 15 heavy (non-hydrogen) atoms. The first-order chi connectivity index (χ1) is 7.25. The zero-order valence-electron chi connectivity index (χ0n) is 9.15. The summed E-state index contributed by atoms with van der Waals surface area (Å²) >= 11 is 0. The van der Waals surface area contributed by atoms with E-state index in [1.165, 1.54) is 5.56 Å². The Morgan fingerprint density at radius 1 is 1.60 bits per heavy atom. The summed E-state index contributed by atoms with van der Waals surface area (Å²) in [6.45, 7) is 3.12. The van der Waals surface area contributed by atoms with E-state index in [-0.39, 0.29) is 6.10 Å². The average molecular weight is 209 g/mol. The first-order valence-corrected chi connectivity index (χ1v) is 5.69. The highest BCUT2D eigenvalue weighted by atomic mass is 16.3. The third-order valence-corrected chi connectivity index (χ3v) is 3.27. The van der Waals surface area contributed by atoms with Crippen molar-refractivity contribution in [2.24, 2.45) is 5.92 Å². The van der Waals surface area contributed by atoms with Gasteiger partial charge in [0, 0.05) is 11.6 Å². The molecule has 1 aromatic rings. The molecule has 1 aromatic heterocycles. The normalized spacial score (nSPS) is 28.1. The minimum absolute atomic E-state index is 0.0685. The SMILES string of the molecule is CC(NCC1CCC(O)C1)c1ccoc1. The predicted octanol–water partition coefficient (Wildman–Crippen LogP) is 2.09. The van der Waals surface area contributed by atoms with Gasteiger partial charge in [0.15, 0.2) is 0 Å². The van der Waals surface area contributed by atoms with Crippen LogP contribution in [0.2, 0.25) is 0 Å². The second-order valence-electron chi connectivity index (χ2n) is 4.52. The van der Waals surface area contributed by atoms with Gasteiger partial charge in [0.05, 0.1) is 18.6 Å². The average Bonchev–Trinajstić information content (AvgIpc) is 2.84. The number of aliphatic hydroxyl groups excluding tert-OH is 1. The summed E-state index contributed by atoms with van der Waals surface area (Å²) in [4.78, 5) is 0. The molecule has 1 aliphatic carbocycles. The van der Waals surface area contributed by atoms with Crippen LogP contribution in [0.3, 0.4) is 0 Å². The zero-order chi connectivity index (χ0) is 10.7. The monoisotopic (exact) mass is 209 g/mol. The molecule has 84 valence electrons. The molecule has 0 bridgehead atoms. The van der Waals surface area contributed by atoms with Crippen LogP contribution in [0.4, 0.5) is 0 Å². The molecule has 0 saturated heterocycles. The molecule has 1 saturated carbocycles. The van der Waals surface area contributed by atoms with Crippen molar-refractivity contribution in [3.05, 3.63) is 24.2 Å². The van der Waals surface area contributed by atoms with Crippen LogP contribution >= 0.6 is 0 Å². The molecule has 1 heterocycles. The second-order valence-corrected chi connectivity index (χ2v) is 4.52. The molecule has 1 fully saturated rings. The van der Waals surface area contributed by atoms with Crippen molar-refractivity contribution in [3.8, 4) is 0 Å². The lowest BCUT2D eigenvalue weighted by Gasteiger charge is -2.15. The largest absolute Gasteiger partial charge is 0.472 e. The molecule has 3 nitrogen and oxygen atoms in total. The van der Waals surface area contributed by atoms with E-state index < -0.39 is 0 Å². The van der Waals surface area contributed by atoms with E-state index in [0.717, 1.165) is 25.8 Å². The Bertz CT molecular complexity index is 284. The molecule has 0 aliphatic heterocycles. The molecule has 2 N–H and O–H groups in total. The Balaban J connectivity index is 1.74. The highest BCUT2D eigenvalue weighted by molar-refractivity contribution is 5.10. The van der Waals surface area contributed by atoms with Crippen molar-refractivity contribution in [1.29, 1.82) is 0 Å². The van der Waals surface area contributed by atoms with Gasteiger partial charge in [-0.1, -0.05) is 0 Å². The van der Waals surface area contributed by atoms with Crippen molar-refractivity contribution < 1.29 is 9.52 Å². The fourth-order valence-corrected chi connectivity index (χ4v) is 2.22. The fraction of sp³-hybridized carbons (Fsp3) is 0.667. The van der Waals surface area contributed by atoms with Crippen molar-refractivity contribution in [1.82, 2.24) is 5.32 Å². The van der Waals surface area contributed by atoms with E-state index in [1.807, 2.05) is 6.07 Å². The highest BCUT2D eigenvalue weighted by Gasteiger charge is 2.22. The Morgan fingerprint density at radius 3 is 3.07 bits per heavy atom. The molecule has 2 rings (SSSR count). The third kappa shape index (κ3) is 2.83. The van der Waals surface area contributed by atoms with Gasteiger partial charge in [0.1, 0.15) is 0 Å². The van der Waals surface area contributed by atoms with Crippen molar-refractivity contribution in [2.75, 3.05) is 6.54 Å². The van der Waals surface area contributed by atoms with Gasteiger partial charge in [-0.2, -0.15) is 0 Å². The van der Waals surface area contributed by atoms with Gasteiger partial charge in [0.2, 0.25) is 0 Å². The molecule has 0 radical (unpaired) electrons. The standard InChI is InChI=1S/C12H19NO2/c1-9(11-4-5-15-8-11)13-7-10-2-3-12(14)6-10/h4-5,8-10,12-14H,2-3,6-7H2,1H3. The number of nitrogens with one attached hydrogen (secondary N) is 1. The Hall–Kier alpha value is -0.800. The molecule has 0 spiro atoms. The number of aliphatic hydroxyl groups is 1. The van der Waals surface area contributed by atoms with Crippen LogP contribution in [0.15, 0.2) is 23.0 Å². The van der Waals surface area contributed by atoms with Crippen LogP contribution in [0.1, 0.15) is 37.8 Å². The Kier molecular flexibility index (Phi) is 3.44. The lowest BCUT2D eigenvalue weighted by Crippen LogP contribution is -2.24. The van der Waals surface area contributed by atoms with E-state index in [2.05, 4.69) is 12.2 Å². The van der Waals surface area contributed by atoms with Crippen molar-refractivity contribution in [2.45, 2.75) is 38.3 Å². The smallest absolute Gasteiger partial charge is 0.0950 e.